The van der Waals surface area contributed by atoms with Gasteiger partial charge in [-0.2, -0.15) is 0 Å². The molecule has 0 amide bonds. The molecule has 0 aromatic carbocycles. The zero-order chi connectivity index (χ0) is 7.56. The Morgan fingerprint density at radius 3 is 2.80 bits per heavy atom. The van der Waals surface area contributed by atoms with Crippen LogP contribution in [-0.4, -0.2) is 43.7 Å². The number of piperidine rings is 1. The lowest BCUT2D eigenvalue weighted by atomic mass is 10.1. The number of alkyl halides is 1. The van der Waals surface area contributed by atoms with Crippen molar-refractivity contribution in [1.29, 1.82) is 0 Å². The molecule has 1 aliphatic rings. The SMILES string of the molecule is CO[C@H]1CNC[C@@H](F)[C@H]1O. The van der Waals surface area contributed by atoms with Crippen LogP contribution in [0.2, 0.25) is 0 Å². The molecule has 1 aliphatic heterocycles. The van der Waals surface area contributed by atoms with Crippen molar-refractivity contribution in [1.82, 2.24) is 5.32 Å². The number of hydrogen-bond donors (Lipinski definition) is 2. The zero-order valence-corrected chi connectivity index (χ0v) is 5.88. The first kappa shape index (κ1) is 7.91. The molecule has 0 aromatic rings. The van der Waals surface area contributed by atoms with Gasteiger partial charge in [-0.15, -0.1) is 0 Å². The van der Waals surface area contributed by atoms with Crippen LogP contribution in [0.25, 0.3) is 0 Å². The molecule has 1 rings (SSSR count). The van der Waals surface area contributed by atoms with Crippen LogP contribution >= 0.6 is 0 Å². The molecular formula is C6H12FNO2. The van der Waals surface area contributed by atoms with Crippen LogP contribution in [0, 0.1) is 0 Å². The number of rotatable bonds is 1. The molecule has 1 fully saturated rings. The molecule has 1 saturated heterocycles. The highest BCUT2D eigenvalue weighted by atomic mass is 19.1. The lowest BCUT2D eigenvalue weighted by molar-refractivity contribution is -0.0653. The lowest BCUT2D eigenvalue weighted by Crippen LogP contribution is -2.52. The van der Waals surface area contributed by atoms with Crippen molar-refractivity contribution in [3.8, 4) is 0 Å². The predicted octanol–water partition coefficient (Wildman–Crippen LogP) is -0.696. The van der Waals surface area contributed by atoms with Crippen molar-refractivity contribution in [2.45, 2.75) is 18.4 Å². The van der Waals surface area contributed by atoms with Crippen LogP contribution in [0.1, 0.15) is 0 Å². The van der Waals surface area contributed by atoms with Crippen LogP contribution in [0.3, 0.4) is 0 Å². The third-order valence-electron chi connectivity index (χ3n) is 1.74. The summed E-state index contributed by atoms with van der Waals surface area (Å²) >= 11 is 0. The van der Waals surface area contributed by atoms with E-state index >= 15 is 0 Å². The highest BCUT2D eigenvalue weighted by Crippen LogP contribution is 2.09. The minimum Gasteiger partial charge on any atom is -0.387 e. The van der Waals surface area contributed by atoms with E-state index in [0.717, 1.165) is 0 Å². The van der Waals surface area contributed by atoms with Gasteiger partial charge in [0.15, 0.2) is 0 Å². The molecule has 0 aliphatic carbocycles. The molecule has 0 bridgehead atoms. The van der Waals surface area contributed by atoms with E-state index in [1.807, 2.05) is 0 Å². The van der Waals surface area contributed by atoms with E-state index < -0.39 is 18.4 Å². The van der Waals surface area contributed by atoms with Crippen molar-refractivity contribution in [3.05, 3.63) is 0 Å². The van der Waals surface area contributed by atoms with E-state index in [9.17, 15) is 4.39 Å². The average Bonchev–Trinajstić information content (AvgIpc) is 1.95. The standard InChI is InChI=1S/C6H12FNO2/c1-10-5-3-8-2-4(7)6(5)9/h4-6,8-9H,2-3H2,1H3/t4-,5+,6-/m1/s1. The van der Waals surface area contributed by atoms with Crippen LogP contribution in [-0.2, 0) is 4.74 Å². The minimum absolute atomic E-state index is 0.223. The fraction of sp³-hybridized carbons (Fsp3) is 1.00. The van der Waals surface area contributed by atoms with Gasteiger partial charge in [-0.25, -0.2) is 4.39 Å². The third-order valence-corrected chi connectivity index (χ3v) is 1.74. The van der Waals surface area contributed by atoms with Gasteiger partial charge in [-0.3, -0.25) is 0 Å². The molecule has 0 aromatic heterocycles. The van der Waals surface area contributed by atoms with Gasteiger partial charge in [-0.1, -0.05) is 0 Å². The molecule has 0 spiro atoms. The maximum absolute atomic E-state index is 12.6. The van der Waals surface area contributed by atoms with Crippen molar-refractivity contribution in [2.75, 3.05) is 20.2 Å². The van der Waals surface area contributed by atoms with Gasteiger partial charge in [0, 0.05) is 20.2 Å². The van der Waals surface area contributed by atoms with Gasteiger partial charge in [0.25, 0.3) is 0 Å². The lowest BCUT2D eigenvalue weighted by Gasteiger charge is -2.29. The fourth-order valence-corrected chi connectivity index (χ4v) is 1.06. The number of nitrogens with one attached hydrogen (secondary N) is 1. The summed E-state index contributed by atoms with van der Waals surface area (Å²) in [6.07, 6.45) is -2.56. The van der Waals surface area contributed by atoms with Gasteiger partial charge < -0.3 is 15.2 Å². The second kappa shape index (κ2) is 3.27. The van der Waals surface area contributed by atoms with E-state index in [-0.39, 0.29) is 6.54 Å². The van der Waals surface area contributed by atoms with E-state index in [1.165, 1.54) is 7.11 Å². The second-order valence-corrected chi connectivity index (χ2v) is 2.44. The van der Waals surface area contributed by atoms with E-state index in [2.05, 4.69) is 5.32 Å². The highest BCUT2D eigenvalue weighted by molar-refractivity contribution is 4.84. The van der Waals surface area contributed by atoms with Crippen molar-refractivity contribution < 1.29 is 14.2 Å². The summed E-state index contributed by atoms with van der Waals surface area (Å²) in [7, 11) is 1.47. The number of aliphatic hydroxyl groups is 1. The molecule has 1 heterocycles. The third kappa shape index (κ3) is 1.45. The van der Waals surface area contributed by atoms with E-state index in [4.69, 9.17) is 9.84 Å². The molecule has 2 N–H and O–H groups in total. The Bertz CT molecular complexity index is 112. The Morgan fingerprint density at radius 1 is 1.60 bits per heavy atom. The van der Waals surface area contributed by atoms with Gasteiger partial charge in [0.1, 0.15) is 12.3 Å². The van der Waals surface area contributed by atoms with Crippen molar-refractivity contribution in [3.63, 3.8) is 0 Å². The normalized spacial score (nSPS) is 41.7. The van der Waals surface area contributed by atoms with Gasteiger partial charge >= 0.3 is 0 Å². The van der Waals surface area contributed by atoms with Gasteiger partial charge in [0.05, 0.1) is 6.10 Å². The Hall–Kier alpha value is -0.190. The largest absolute Gasteiger partial charge is 0.387 e. The summed E-state index contributed by atoms with van der Waals surface area (Å²) in [6, 6.07) is 0. The first-order valence-corrected chi connectivity index (χ1v) is 3.31. The van der Waals surface area contributed by atoms with E-state index in [0.29, 0.717) is 6.54 Å². The van der Waals surface area contributed by atoms with E-state index in [1.54, 1.807) is 0 Å². The van der Waals surface area contributed by atoms with Crippen LogP contribution in [0.15, 0.2) is 0 Å². The number of halogens is 1. The Balaban J connectivity index is 2.42. The molecule has 0 unspecified atom stereocenters. The molecule has 60 valence electrons. The average molecular weight is 149 g/mol. The zero-order valence-electron chi connectivity index (χ0n) is 5.88. The molecule has 3 nitrogen and oxygen atoms in total. The summed E-state index contributed by atoms with van der Waals surface area (Å²) in [4.78, 5) is 0. The maximum atomic E-state index is 12.6. The maximum Gasteiger partial charge on any atom is 0.141 e. The first-order valence-electron chi connectivity index (χ1n) is 3.31. The Kier molecular flexibility index (Phi) is 2.59. The second-order valence-electron chi connectivity index (χ2n) is 2.44. The fourth-order valence-electron chi connectivity index (χ4n) is 1.06. The summed E-state index contributed by atoms with van der Waals surface area (Å²) in [6.45, 7) is 0.749. The predicted molar refractivity (Wildman–Crippen MR) is 34.6 cm³/mol. The van der Waals surface area contributed by atoms with Crippen molar-refractivity contribution in [2.24, 2.45) is 0 Å². The van der Waals surface area contributed by atoms with Gasteiger partial charge in [-0.05, 0) is 0 Å². The molecule has 0 saturated carbocycles. The Labute approximate surface area is 59.2 Å². The molecule has 0 radical (unpaired) electrons. The van der Waals surface area contributed by atoms with Crippen LogP contribution < -0.4 is 5.32 Å². The summed E-state index contributed by atoms with van der Waals surface area (Å²) in [5, 5.41) is 11.9. The number of aliphatic hydroxyl groups excluding tert-OH is 1. The van der Waals surface area contributed by atoms with Crippen LogP contribution in [0.5, 0.6) is 0 Å². The summed E-state index contributed by atoms with van der Waals surface area (Å²) in [5.74, 6) is 0. The summed E-state index contributed by atoms with van der Waals surface area (Å²) < 4.78 is 17.4. The number of ether oxygens (including phenoxy) is 1. The van der Waals surface area contributed by atoms with Crippen LogP contribution in [0.4, 0.5) is 4.39 Å². The number of hydrogen-bond acceptors (Lipinski definition) is 3. The topological polar surface area (TPSA) is 41.5 Å². The first-order chi connectivity index (χ1) is 4.75. The molecule has 10 heavy (non-hydrogen) atoms. The monoisotopic (exact) mass is 149 g/mol. The highest BCUT2D eigenvalue weighted by Gasteiger charge is 2.31. The minimum atomic E-state index is -1.20. The number of methoxy groups -OCH3 is 1. The van der Waals surface area contributed by atoms with Gasteiger partial charge in [0.2, 0.25) is 0 Å². The summed E-state index contributed by atoms with van der Waals surface area (Å²) in [5.41, 5.74) is 0. The van der Waals surface area contributed by atoms with Crippen molar-refractivity contribution >= 4 is 0 Å². The molecular weight excluding hydrogens is 137 g/mol. The Morgan fingerprint density at radius 2 is 2.30 bits per heavy atom. The molecule has 3 atom stereocenters. The smallest absolute Gasteiger partial charge is 0.141 e. The quantitative estimate of drug-likeness (QED) is 0.518. The molecule has 4 heteroatoms.